The molecule has 144 valence electrons. The summed E-state index contributed by atoms with van der Waals surface area (Å²) >= 11 is 0. The number of nitrogens with zero attached hydrogens (tertiary/aromatic N) is 2. The molecule has 3 aliphatic rings. The van der Waals surface area contributed by atoms with Gasteiger partial charge in [-0.15, -0.1) is 0 Å². The van der Waals surface area contributed by atoms with Crippen LogP contribution in [-0.4, -0.2) is 66.4 Å². The minimum Gasteiger partial charge on any atom is -0.368 e. The van der Waals surface area contributed by atoms with E-state index in [2.05, 4.69) is 5.32 Å². The molecule has 1 aromatic rings. The van der Waals surface area contributed by atoms with Gasteiger partial charge >= 0.3 is 0 Å². The van der Waals surface area contributed by atoms with E-state index in [1.165, 1.54) is 0 Å². The largest absolute Gasteiger partial charge is 0.368 e. The van der Waals surface area contributed by atoms with Crippen LogP contribution in [0.2, 0.25) is 0 Å². The quantitative estimate of drug-likeness (QED) is 0.870. The van der Waals surface area contributed by atoms with Crippen molar-refractivity contribution in [3.8, 4) is 0 Å². The molecular formula is C20H25N3O4. The number of anilines is 1. The van der Waals surface area contributed by atoms with Gasteiger partial charge in [0.25, 0.3) is 11.8 Å². The Kier molecular flexibility index (Phi) is 5.11. The van der Waals surface area contributed by atoms with Crippen molar-refractivity contribution in [1.29, 1.82) is 0 Å². The van der Waals surface area contributed by atoms with Gasteiger partial charge in [0, 0.05) is 50.0 Å². The molecule has 3 fully saturated rings. The number of carbonyl (C=O) groups is 3. The normalized spacial score (nSPS) is 22.6. The highest BCUT2D eigenvalue weighted by molar-refractivity contribution is 5.97. The fraction of sp³-hybridized carbons (Fsp3) is 0.550. The maximum Gasteiger partial charge on any atom is 0.253 e. The predicted octanol–water partition coefficient (Wildman–Crippen LogP) is 1.50. The third kappa shape index (κ3) is 4.13. The lowest BCUT2D eigenvalue weighted by Gasteiger charge is -2.35. The van der Waals surface area contributed by atoms with Crippen LogP contribution in [0.4, 0.5) is 5.69 Å². The van der Waals surface area contributed by atoms with Gasteiger partial charge in [-0.05, 0) is 49.9 Å². The number of hydrogen-bond donors (Lipinski definition) is 1. The molecule has 2 saturated heterocycles. The summed E-state index contributed by atoms with van der Waals surface area (Å²) in [5.41, 5.74) is 1.31. The van der Waals surface area contributed by atoms with Gasteiger partial charge in [0.05, 0.1) is 0 Å². The van der Waals surface area contributed by atoms with E-state index in [9.17, 15) is 14.4 Å². The van der Waals surface area contributed by atoms with E-state index in [0.717, 1.165) is 31.4 Å². The Morgan fingerprint density at radius 1 is 0.926 bits per heavy atom. The van der Waals surface area contributed by atoms with Crippen molar-refractivity contribution in [1.82, 2.24) is 9.80 Å². The first-order chi connectivity index (χ1) is 13.1. The van der Waals surface area contributed by atoms with Crippen LogP contribution in [0.3, 0.4) is 0 Å². The molecule has 1 atom stereocenters. The van der Waals surface area contributed by atoms with Crippen LogP contribution >= 0.6 is 0 Å². The molecular weight excluding hydrogens is 346 g/mol. The van der Waals surface area contributed by atoms with Crippen LogP contribution in [0, 0.1) is 5.92 Å². The number of benzene rings is 1. The number of amides is 3. The molecule has 4 rings (SSSR count). The third-order valence-electron chi connectivity index (χ3n) is 5.43. The molecule has 27 heavy (non-hydrogen) atoms. The van der Waals surface area contributed by atoms with Crippen molar-refractivity contribution in [2.75, 3.05) is 38.1 Å². The Morgan fingerprint density at radius 2 is 1.59 bits per heavy atom. The molecule has 0 bridgehead atoms. The van der Waals surface area contributed by atoms with Crippen LogP contribution in [0.5, 0.6) is 0 Å². The molecule has 2 heterocycles. The fourth-order valence-electron chi connectivity index (χ4n) is 3.57. The Morgan fingerprint density at radius 3 is 2.19 bits per heavy atom. The van der Waals surface area contributed by atoms with E-state index in [0.29, 0.717) is 38.3 Å². The predicted molar refractivity (Wildman–Crippen MR) is 99.3 cm³/mol. The third-order valence-corrected chi connectivity index (χ3v) is 5.43. The zero-order valence-corrected chi connectivity index (χ0v) is 15.4. The first kappa shape index (κ1) is 18.0. The molecule has 0 spiro atoms. The van der Waals surface area contributed by atoms with Crippen LogP contribution in [0.1, 0.15) is 36.0 Å². The minimum absolute atomic E-state index is 0.0423. The summed E-state index contributed by atoms with van der Waals surface area (Å²) in [6, 6.07) is 7.03. The standard InChI is InChI=1S/C20H25N3O4/c24-18(14-3-4-14)21-16-7-5-15(6-8-16)19(25)22-9-11-23(12-10-22)20(26)17-2-1-13-27-17/h5-8,14,17H,1-4,9-13H2,(H,21,24). The van der Waals surface area contributed by atoms with Crippen molar-refractivity contribution in [3.63, 3.8) is 0 Å². The van der Waals surface area contributed by atoms with Gasteiger partial charge in [0.2, 0.25) is 5.91 Å². The summed E-state index contributed by atoms with van der Waals surface area (Å²) in [5, 5.41) is 2.87. The summed E-state index contributed by atoms with van der Waals surface area (Å²) in [7, 11) is 0. The molecule has 1 aromatic carbocycles. The minimum atomic E-state index is -0.300. The Bertz CT molecular complexity index is 715. The van der Waals surface area contributed by atoms with Gasteiger partial charge in [-0.1, -0.05) is 0 Å². The van der Waals surface area contributed by atoms with Crippen LogP contribution < -0.4 is 5.32 Å². The van der Waals surface area contributed by atoms with Crippen molar-refractivity contribution in [2.45, 2.75) is 31.8 Å². The van der Waals surface area contributed by atoms with E-state index < -0.39 is 0 Å². The van der Waals surface area contributed by atoms with Crippen molar-refractivity contribution in [3.05, 3.63) is 29.8 Å². The molecule has 7 heteroatoms. The summed E-state index contributed by atoms with van der Waals surface area (Å²) in [4.78, 5) is 40.5. The SMILES string of the molecule is O=C(Nc1ccc(C(=O)N2CCN(C(=O)C3CCCO3)CC2)cc1)C1CC1. The van der Waals surface area contributed by atoms with E-state index in [-0.39, 0.29) is 29.7 Å². The number of hydrogen-bond acceptors (Lipinski definition) is 4. The second kappa shape index (κ2) is 7.68. The first-order valence-electron chi connectivity index (χ1n) is 9.72. The molecule has 7 nitrogen and oxygen atoms in total. The zero-order chi connectivity index (χ0) is 18.8. The van der Waals surface area contributed by atoms with Crippen LogP contribution in [0.25, 0.3) is 0 Å². The summed E-state index contributed by atoms with van der Waals surface area (Å²) < 4.78 is 5.47. The second-order valence-electron chi connectivity index (χ2n) is 7.46. The highest BCUT2D eigenvalue weighted by Crippen LogP contribution is 2.30. The molecule has 1 unspecified atom stereocenters. The fourth-order valence-corrected chi connectivity index (χ4v) is 3.57. The van der Waals surface area contributed by atoms with E-state index in [1.807, 2.05) is 0 Å². The Balaban J connectivity index is 1.29. The smallest absolute Gasteiger partial charge is 0.253 e. The molecule has 1 saturated carbocycles. The lowest BCUT2D eigenvalue weighted by atomic mass is 10.1. The molecule has 1 N–H and O–H groups in total. The molecule has 3 amide bonds. The maximum atomic E-state index is 12.7. The summed E-state index contributed by atoms with van der Waals surface area (Å²) in [6.45, 7) is 2.79. The number of rotatable bonds is 4. The second-order valence-corrected chi connectivity index (χ2v) is 7.46. The summed E-state index contributed by atoms with van der Waals surface area (Å²) in [6.07, 6.45) is 3.35. The number of ether oxygens (including phenoxy) is 1. The van der Waals surface area contributed by atoms with Gasteiger partial charge < -0.3 is 19.9 Å². The Labute approximate surface area is 158 Å². The van der Waals surface area contributed by atoms with Crippen LogP contribution in [0.15, 0.2) is 24.3 Å². The van der Waals surface area contributed by atoms with Crippen molar-refractivity contribution < 1.29 is 19.1 Å². The van der Waals surface area contributed by atoms with Crippen molar-refractivity contribution in [2.24, 2.45) is 5.92 Å². The number of piperazine rings is 1. The van der Waals surface area contributed by atoms with Crippen LogP contribution in [-0.2, 0) is 14.3 Å². The highest BCUT2D eigenvalue weighted by atomic mass is 16.5. The molecule has 0 radical (unpaired) electrons. The van der Waals surface area contributed by atoms with Gasteiger partial charge in [0.1, 0.15) is 6.10 Å². The molecule has 1 aliphatic carbocycles. The van der Waals surface area contributed by atoms with E-state index in [1.54, 1.807) is 34.1 Å². The zero-order valence-electron chi connectivity index (χ0n) is 15.4. The first-order valence-corrected chi connectivity index (χ1v) is 9.72. The number of carbonyl (C=O) groups excluding carboxylic acids is 3. The topological polar surface area (TPSA) is 79.0 Å². The van der Waals surface area contributed by atoms with E-state index >= 15 is 0 Å². The Hall–Kier alpha value is -2.41. The van der Waals surface area contributed by atoms with Gasteiger partial charge in [-0.3, -0.25) is 14.4 Å². The van der Waals surface area contributed by atoms with Gasteiger partial charge in [-0.2, -0.15) is 0 Å². The molecule has 2 aliphatic heterocycles. The average molecular weight is 371 g/mol. The van der Waals surface area contributed by atoms with Gasteiger partial charge in [0.15, 0.2) is 0 Å². The lowest BCUT2D eigenvalue weighted by Crippen LogP contribution is -2.52. The lowest BCUT2D eigenvalue weighted by molar-refractivity contribution is -0.142. The monoisotopic (exact) mass is 371 g/mol. The average Bonchev–Trinajstić information content (AvgIpc) is 3.42. The van der Waals surface area contributed by atoms with E-state index in [4.69, 9.17) is 4.74 Å². The number of nitrogens with one attached hydrogen (secondary N) is 1. The van der Waals surface area contributed by atoms with Gasteiger partial charge in [-0.25, -0.2) is 0 Å². The maximum absolute atomic E-state index is 12.7. The highest BCUT2D eigenvalue weighted by Gasteiger charge is 2.32. The van der Waals surface area contributed by atoms with Crippen molar-refractivity contribution >= 4 is 23.4 Å². The summed E-state index contributed by atoms with van der Waals surface area (Å²) in [5.74, 6) is 0.218. The molecule has 0 aromatic heterocycles.